The van der Waals surface area contributed by atoms with Crippen LogP contribution < -0.4 is 0 Å². The fraction of sp³-hybridized carbons (Fsp3) is 0.118. The minimum absolute atomic E-state index is 0.0570. The summed E-state index contributed by atoms with van der Waals surface area (Å²) in [6.07, 6.45) is 3.16. The number of halogens is 2. The lowest BCUT2D eigenvalue weighted by Crippen LogP contribution is -1.98. The monoisotopic (exact) mass is 304 g/mol. The van der Waals surface area contributed by atoms with Gasteiger partial charge in [0.15, 0.2) is 5.78 Å². The van der Waals surface area contributed by atoms with Gasteiger partial charge in [0.2, 0.25) is 0 Å². The van der Waals surface area contributed by atoms with E-state index in [1.54, 1.807) is 24.3 Å². The lowest BCUT2D eigenvalue weighted by atomic mass is 10.0. The van der Waals surface area contributed by atoms with E-state index in [-0.39, 0.29) is 5.78 Å². The van der Waals surface area contributed by atoms with Gasteiger partial charge in [0.25, 0.3) is 0 Å². The molecule has 0 aromatic heterocycles. The van der Waals surface area contributed by atoms with E-state index in [0.717, 1.165) is 11.1 Å². The quantitative estimate of drug-likeness (QED) is 0.540. The number of carbonyl (C=O) groups excluding carboxylic acids is 1. The third-order valence-electron chi connectivity index (χ3n) is 3.05. The first-order valence-electron chi connectivity index (χ1n) is 6.22. The zero-order valence-corrected chi connectivity index (χ0v) is 12.8. The van der Waals surface area contributed by atoms with Crippen LogP contribution in [0.4, 0.5) is 0 Å². The summed E-state index contributed by atoms with van der Waals surface area (Å²) in [7, 11) is 0. The lowest BCUT2D eigenvalue weighted by Gasteiger charge is -2.04. The maximum Gasteiger partial charge on any atom is 0.186 e. The number of benzene rings is 2. The molecule has 0 fully saturated rings. The van der Waals surface area contributed by atoms with Crippen LogP contribution in [0.15, 0.2) is 42.5 Å². The Morgan fingerprint density at radius 2 is 1.70 bits per heavy atom. The summed E-state index contributed by atoms with van der Waals surface area (Å²) in [5, 5.41) is 1.06. The highest BCUT2D eigenvalue weighted by molar-refractivity contribution is 6.37. The number of hydrogen-bond acceptors (Lipinski definition) is 1. The minimum Gasteiger partial charge on any atom is -0.289 e. The average Bonchev–Trinajstić information content (AvgIpc) is 2.37. The molecule has 0 bridgehead atoms. The van der Waals surface area contributed by atoms with Gasteiger partial charge in [-0.3, -0.25) is 4.79 Å². The van der Waals surface area contributed by atoms with Crippen LogP contribution in [-0.2, 0) is 0 Å². The Hall–Kier alpha value is -1.57. The second-order valence-electron chi connectivity index (χ2n) is 4.65. The minimum atomic E-state index is -0.0570. The first kappa shape index (κ1) is 14.8. The van der Waals surface area contributed by atoms with Crippen LogP contribution in [0.1, 0.15) is 27.0 Å². The number of hydrogen-bond donors (Lipinski definition) is 0. The smallest absolute Gasteiger partial charge is 0.186 e. The fourth-order valence-corrected chi connectivity index (χ4v) is 2.53. The highest BCUT2D eigenvalue weighted by Crippen LogP contribution is 2.25. The Balaban J connectivity index is 2.30. The molecule has 3 heteroatoms. The van der Waals surface area contributed by atoms with E-state index in [0.29, 0.717) is 21.2 Å². The molecule has 0 amide bonds. The number of allylic oxidation sites excluding steroid dienone is 1. The number of rotatable bonds is 3. The molecule has 2 aromatic rings. The third-order valence-corrected chi connectivity index (χ3v) is 3.71. The molecule has 0 N–H and O–H groups in total. The first-order chi connectivity index (χ1) is 9.49. The van der Waals surface area contributed by atoms with Crippen LogP contribution in [0, 0.1) is 13.8 Å². The van der Waals surface area contributed by atoms with Gasteiger partial charge < -0.3 is 0 Å². The summed E-state index contributed by atoms with van der Waals surface area (Å²) >= 11 is 12.1. The molecule has 0 radical (unpaired) electrons. The SMILES string of the molecule is Cc1ccc(C(=O)C=Cc2c(Cl)cccc2Cl)c(C)c1. The molecule has 102 valence electrons. The number of aryl methyl sites for hydroxylation is 2. The van der Waals surface area contributed by atoms with E-state index in [1.165, 1.54) is 6.08 Å². The Labute approximate surface area is 128 Å². The highest BCUT2D eigenvalue weighted by Gasteiger charge is 2.07. The molecule has 1 nitrogen and oxygen atoms in total. The van der Waals surface area contributed by atoms with Crippen molar-refractivity contribution in [2.45, 2.75) is 13.8 Å². The molecular weight excluding hydrogens is 291 g/mol. The molecule has 0 spiro atoms. The van der Waals surface area contributed by atoms with Gasteiger partial charge in [-0.2, -0.15) is 0 Å². The molecule has 0 saturated carbocycles. The van der Waals surface area contributed by atoms with Crippen molar-refractivity contribution in [1.82, 2.24) is 0 Å². The van der Waals surface area contributed by atoms with Crippen molar-refractivity contribution in [2.75, 3.05) is 0 Å². The molecule has 2 aromatic carbocycles. The standard InChI is InChI=1S/C17H14Cl2O/c1-11-6-7-13(12(2)10-11)17(20)9-8-14-15(18)4-3-5-16(14)19/h3-10H,1-2H3. The summed E-state index contributed by atoms with van der Waals surface area (Å²) in [6, 6.07) is 11.0. The molecule has 20 heavy (non-hydrogen) atoms. The second-order valence-corrected chi connectivity index (χ2v) is 5.47. The van der Waals surface area contributed by atoms with Gasteiger partial charge in [-0.1, -0.05) is 53.0 Å². The van der Waals surface area contributed by atoms with E-state index in [4.69, 9.17) is 23.2 Å². The zero-order valence-electron chi connectivity index (χ0n) is 11.3. The zero-order chi connectivity index (χ0) is 14.7. The normalized spacial score (nSPS) is 11.0. The van der Waals surface area contributed by atoms with Crippen LogP contribution in [0.25, 0.3) is 6.08 Å². The van der Waals surface area contributed by atoms with E-state index < -0.39 is 0 Å². The maximum atomic E-state index is 12.2. The van der Waals surface area contributed by atoms with Crippen LogP contribution in [-0.4, -0.2) is 5.78 Å². The van der Waals surface area contributed by atoms with E-state index >= 15 is 0 Å². The number of ketones is 1. The van der Waals surface area contributed by atoms with Crippen molar-refractivity contribution < 1.29 is 4.79 Å². The van der Waals surface area contributed by atoms with Gasteiger partial charge in [-0.05, 0) is 43.7 Å². The van der Waals surface area contributed by atoms with E-state index in [2.05, 4.69) is 0 Å². The molecule has 0 heterocycles. The summed E-state index contributed by atoms with van der Waals surface area (Å²) in [5.74, 6) is -0.0570. The average molecular weight is 305 g/mol. The Morgan fingerprint density at radius 3 is 2.30 bits per heavy atom. The predicted octanol–water partition coefficient (Wildman–Crippen LogP) is 5.51. The molecule has 0 saturated heterocycles. The van der Waals surface area contributed by atoms with Crippen LogP contribution in [0.5, 0.6) is 0 Å². The maximum absolute atomic E-state index is 12.2. The molecule has 0 aliphatic rings. The summed E-state index contributed by atoms with van der Waals surface area (Å²) < 4.78 is 0. The number of carbonyl (C=O) groups is 1. The Morgan fingerprint density at radius 1 is 1.05 bits per heavy atom. The van der Waals surface area contributed by atoms with Gasteiger partial charge in [-0.25, -0.2) is 0 Å². The largest absolute Gasteiger partial charge is 0.289 e. The van der Waals surface area contributed by atoms with Crippen molar-refractivity contribution in [2.24, 2.45) is 0 Å². The Bertz CT molecular complexity index is 667. The van der Waals surface area contributed by atoms with Crippen LogP contribution in [0.2, 0.25) is 10.0 Å². The second kappa shape index (κ2) is 6.25. The molecule has 0 atom stereocenters. The van der Waals surface area contributed by atoms with Crippen molar-refractivity contribution in [3.8, 4) is 0 Å². The lowest BCUT2D eigenvalue weighted by molar-refractivity contribution is 0.104. The Kier molecular flexibility index (Phi) is 4.64. The topological polar surface area (TPSA) is 17.1 Å². The molecule has 0 unspecified atom stereocenters. The van der Waals surface area contributed by atoms with E-state index in [1.807, 2.05) is 32.0 Å². The van der Waals surface area contributed by atoms with E-state index in [9.17, 15) is 4.79 Å². The summed E-state index contributed by atoms with van der Waals surface area (Å²) in [6.45, 7) is 3.93. The van der Waals surface area contributed by atoms with Gasteiger partial charge >= 0.3 is 0 Å². The van der Waals surface area contributed by atoms with Crippen LogP contribution in [0.3, 0.4) is 0 Å². The molecule has 2 rings (SSSR count). The highest BCUT2D eigenvalue weighted by atomic mass is 35.5. The molecule has 0 aliphatic carbocycles. The predicted molar refractivity (Wildman–Crippen MR) is 85.7 cm³/mol. The van der Waals surface area contributed by atoms with Crippen molar-refractivity contribution >= 4 is 35.1 Å². The first-order valence-corrected chi connectivity index (χ1v) is 6.98. The summed E-state index contributed by atoms with van der Waals surface area (Å²) in [4.78, 5) is 12.2. The van der Waals surface area contributed by atoms with Crippen LogP contribution >= 0.6 is 23.2 Å². The van der Waals surface area contributed by atoms with Gasteiger partial charge in [0.05, 0.1) is 0 Å². The molecule has 0 aliphatic heterocycles. The third kappa shape index (κ3) is 3.30. The molecular formula is C17H14Cl2O. The summed E-state index contributed by atoms with van der Waals surface area (Å²) in [5.41, 5.74) is 3.45. The fourth-order valence-electron chi connectivity index (χ4n) is 2.01. The van der Waals surface area contributed by atoms with Gasteiger partial charge in [0.1, 0.15) is 0 Å². The van der Waals surface area contributed by atoms with Gasteiger partial charge in [0, 0.05) is 21.2 Å². The van der Waals surface area contributed by atoms with Crippen molar-refractivity contribution in [3.63, 3.8) is 0 Å². The van der Waals surface area contributed by atoms with Crippen molar-refractivity contribution in [1.29, 1.82) is 0 Å². The van der Waals surface area contributed by atoms with Crippen molar-refractivity contribution in [3.05, 3.63) is 74.8 Å². The van der Waals surface area contributed by atoms with Gasteiger partial charge in [-0.15, -0.1) is 0 Å².